The molecule has 1 amide bonds. The summed E-state index contributed by atoms with van der Waals surface area (Å²) < 4.78 is 5.57. The van der Waals surface area contributed by atoms with Crippen LogP contribution in [0.4, 0.5) is 5.69 Å². The minimum Gasteiger partial charge on any atom is -0.491 e. The van der Waals surface area contributed by atoms with E-state index in [1.54, 1.807) is 0 Å². The van der Waals surface area contributed by atoms with Crippen LogP contribution < -0.4 is 15.8 Å². The molecular formula is C17H28N2O2. The number of nitrogens with two attached hydrogens (primary N) is 1. The highest BCUT2D eigenvalue weighted by atomic mass is 16.5. The van der Waals surface area contributed by atoms with Gasteiger partial charge in [0.25, 0.3) is 0 Å². The minimum absolute atomic E-state index is 0.0583. The summed E-state index contributed by atoms with van der Waals surface area (Å²) in [6, 6.07) is 7.48. The van der Waals surface area contributed by atoms with Gasteiger partial charge in [-0.3, -0.25) is 4.79 Å². The van der Waals surface area contributed by atoms with Crippen molar-refractivity contribution in [2.75, 3.05) is 11.9 Å². The highest BCUT2D eigenvalue weighted by Gasteiger charge is 2.09. The number of nitrogens with one attached hydrogen (secondary N) is 1. The van der Waals surface area contributed by atoms with Crippen LogP contribution in [0.5, 0.6) is 5.75 Å². The quantitative estimate of drug-likeness (QED) is 0.731. The number of anilines is 1. The third-order valence-corrected chi connectivity index (χ3v) is 3.44. The summed E-state index contributed by atoms with van der Waals surface area (Å²) in [7, 11) is 0. The Labute approximate surface area is 128 Å². The van der Waals surface area contributed by atoms with Gasteiger partial charge in [-0.1, -0.05) is 13.3 Å². The molecule has 4 heteroatoms. The van der Waals surface area contributed by atoms with E-state index in [1.807, 2.05) is 38.1 Å². The topological polar surface area (TPSA) is 64.4 Å². The number of ether oxygens (including phenoxy) is 1. The van der Waals surface area contributed by atoms with E-state index in [9.17, 15) is 4.79 Å². The van der Waals surface area contributed by atoms with Gasteiger partial charge in [0.1, 0.15) is 5.75 Å². The molecule has 0 heterocycles. The van der Waals surface area contributed by atoms with Crippen molar-refractivity contribution in [3.8, 4) is 5.75 Å². The average molecular weight is 292 g/mol. The van der Waals surface area contributed by atoms with Crippen molar-refractivity contribution in [3.05, 3.63) is 24.3 Å². The second-order valence-corrected chi connectivity index (χ2v) is 5.63. The van der Waals surface area contributed by atoms with Gasteiger partial charge in [0.05, 0.1) is 6.10 Å². The van der Waals surface area contributed by atoms with Crippen LogP contribution in [0, 0.1) is 5.92 Å². The van der Waals surface area contributed by atoms with Crippen molar-refractivity contribution in [1.82, 2.24) is 0 Å². The Morgan fingerprint density at radius 3 is 2.43 bits per heavy atom. The molecular weight excluding hydrogens is 264 g/mol. The first kappa shape index (κ1) is 17.5. The van der Waals surface area contributed by atoms with E-state index in [-0.39, 0.29) is 12.0 Å². The average Bonchev–Trinajstić information content (AvgIpc) is 2.45. The largest absolute Gasteiger partial charge is 0.491 e. The van der Waals surface area contributed by atoms with E-state index in [2.05, 4.69) is 12.2 Å². The van der Waals surface area contributed by atoms with Gasteiger partial charge < -0.3 is 15.8 Å². The summed E-state index contributed by atoms with van der Waals surface area (Å²) in [4.78, 5) is 11.9. The van der Waals surface area contributed by atoms with Crippen molar-refractivity contribution < 1.29 is 9.53 Å². The van der Waals surface area contributed by atoms with Gasteiger partial charge in [-0.05, 0) is 63.4 Å². The molecule has 21 heavy (non-hydrogen) atoms. The fourth-order valence-electron chi connectivity index (χ4n) is 2.24. The maximum Gasteiger partial charge on any atom is 0.224 e. The highest BCUT2D eigenvalue weighted by molar-refractivity contribution is 5.90. The fourth-order valence-corrected chi connectivity index (χ4v) is 2.24. The van der Waals surface area contributed by atoms with Crippen molar-refractivity contribution >= 4 is 11.6 Å². The molecule has 0 bridgehead atoms. The number of benzene rings is 1. The van der Waals surface area contributed by atoms with E-state index < -0.39 is 0 Å². The maximum absolute atomic E-state index is 11.9. The van der Waals surface area contributed by atoms with Gasteiger partial charge in [-0.25, -0.2) is 0 Å². The minimum atomic E-state index is 0.0583. The van der Waals surface area contributed by atoms with Gasteiger partial charge in [0.2, 0.25) is 5.91 Å². The van der Waals surface area contributed by atoms with Crippen LogP contribution >= 0.6 is 0 Å². The Kier molecular flexibility index (Phi) is 7.83. The first-order valence-corrected chi connectivity index (χ1v) is 7.81. The van der Waals surface area contributed by atoms with Crippen LogP contribution in [-0.4, -0.2) is 18.6 Å². The van der Waals surface area contributed by atoms with E-state index >= 15 is 0 Å². The highest BCUT2D eigenvalue weighted by Crippen LogP contribution is 2.18. The molecule has 1 unspecified atom stereocenters. The van der Waals surface area contributed by atoms with Crippen molar-refractivity contribution in [2.24, 2.45) is 11.7 Å². The zero-order valence-corrected chi connectivity index (χ0v) is 13.4. The predicted octanol–water partition coefficient (Wildman–Crippen LogP) is 3.57. The van der Waals surface area contributed by atoms with Crippen molar-refractivity contribution in [2.45, 2.75) is 52.6 Å². The first-order chi connectivity index (χ1) is 10.0. The molecule has 0 aliphatic heterocycles. The number of rotatable bonds is 9. The molecule has 0 aliphatic carbocycles. The van der Waals surface area contributed by atoms with Gasteiger partial charge in [0.15, 0.2) is 0 Å². The SMILES string of the molecule is CCC(CCN)CCC(=O)Nc1ccc(OC(C)C)cc1. The lowest BCUT2D eigenvalue weighted by Crippen LogP contribution is -2.15. The fraction of sp³-hybridized carbons (Fsp3) is 0.588. The first-order valence-electron chi connectivity index (χ1n) is 7.81. The molecule has 0 aromatic heterocycles. The van der Waals surface area contributed by atoms with E-state index in [1.165, 1.54) is 0 Å². The van der Waals surface area contributed by atoms with Gasteiger partial charge in [-0.15, -0.1) is 0 Å². The summed E-state index contributed by atoms with van der Waals surface area (Å²) in [6.45, 7) is 6.81. The van der Waals surface area contributed by atoms with E-state index in [4.69, 9.17) is 10.5 Å². The second kappa shape index (κ2) is 9.40. The molecule has 118 valence electrons. The predicted molar refractivity (Wildman–Crippen MR) is 87.5 cm³/mol. The van der Waals surface area contributed by atoms with Gasteiger partial charge >= 0.3 is 0 Å². The monoisotopic (exact) mass is 292 g/mol. The van der Waals surface area contributed by atoms with Crippen LogP contribution in [0.3, 0.4) is 0 Å². The molecule has 0 fully saturated rings. The molecule has 0 aliphatic rings. The molecule has 1 atom stereocenters. The summed E-state index contributed by atoms with van der Waals surface area (Å²) in [6.07, 6.45) is 3.66. The van der Waals surface area contributed by atoms with Gasteiger partial charge in [0, 0.05) is 12.1 Å². The third-order valence-electron chi connectivity index (χ3n) is 3.44. The second-order valence-electron chi connectivity index (χ2n) is 5.63. The van der Waals surface area contributed by atoms with Gasteiger partial charge in [-0.2, -0.15) is 0 Å². The molecule has 1 aromatic carbocycles. The Balaban J connectivity index is 2.40. The number of amides is 1. The Morgan fingerprint density at radius 1 is 1.24 bits per heavy atom. The lowest BCUT2D eigenvalue weighted by atomic mass is 9.96. The van der Waals surface area contributed by atoms with E-state index in [0.29, 0.717) is 18.9 Å². The maximum atomic E-state index is 11.9. The molecule has 0 spiro atoms. The zero-order chi connectivity index (χ0) is 15.7. The summed E-state index contributed by atoms with van der Waals surface area (Å²) in [5.74, 6) is 1.42. The summed E-state index contributed by atoms with van der Waals surface area (Å²) in [5.41, 5.74) is 6.38. The van der Waals surface area contributed by atoms with Crippen LogP contribution in [0.25, 0.3) is 0 Å². The number of hydrogen-bond donors (Lipinski definition) is 2. The zero-order valence-electron chi connectivity index (χ0n) is 13.4. The van der Waals surface area contributed by atoms with Crippen LogP contribution in [0.15, 0.2) is 24.3 Å². The van der Waals surface area contributed by atoms with E-state index in [0.717, 1.165) is 30.7 Å². The number of carbonyl (C=O) groups is 1. The van der Waals surface area contributed by atoms with Crippen LogP contribution in [0.1, 0.15) is 46.5 Å². The van der Waals surface area contributed by atoms with Crippen molar-refractivity contribution in [3.63, 3.8) is 0 Å². The molecule has 4 nitrogen and oxygen atoms in total. The molecule has 3 N–H and O–H groups in total. The third kappa shape index (κ3) is 7.14. The molecule has 1 rings (SSSR count). The Bertz CT molecular complexity index is 415. The standard InChI is InChI=1S/C17H28N2O2/c1-4-14(11-12-18)5-10-17(20)19-15-6-8-16(9-7-15)21-13(2)3/h6-9,13-14H,4-5,10-12,18H2,1-3H3,(H,19,20). The molecule has 1 aromatic rings. The summed E-state index contributed by atoms with van der Waals surface area (Å²) >= 11 is 0. The Hall–Kier alpha value is -1.55. The smallest absolute Gasteiger partial charge is 0.224 e. The molecule has 0 saturated carbocycles. The van der Waals surface area contributed by atoms with Crippen LogP contribution in [-0.2, 0) is 4.79 Å². The van der Waals surface area contributed by atoms with Crippen molar-refractivity contribution in [1.29, 1.82) is 0 Å². The lowest BCUT2D eigenvalue weighted by molar-refractivity contribution is -0.116. The molecule has 0 radical (unpaired) electrons. The number of hydrogen-bond acceptors (Lipinski definition) is 3. The number of carbonyl (C=O) groups excluding carboxylic acids is 1. The molecule has 0 saturated heterocycles. The normalized spacial score (nSPS) is 12.2. The van der Waals surface area contributed by atoms with Crippen LogP contribution in [0.2, 0.25) is 0 Å². The summed E-state index contributed by atoms with van der Waals surface area (Å²) in [5, 5.41) is 2.92. The Morgan fingerprint density at radius 2 is 1.90 bits per heavy atom. The lowest BCUT2D eigenvalue weighted by Gasteiger charge is -2.13.